The van der Waals surface area contributed by atoms with E-state index in [9.17, 15) is 27.2 Å². The van der Waals surface area contributed by atoms with Crippen LogP contribution in [0, 0.1) is 5.82 Å². The summed E-state index contributed by atoms with van der Waals surface area (Å²) in [5.74, 6) is -1.14. The number of carbonyl (C=O) groups is 2. The lowest BCUT2D eigenvalue weighted by atomic mass is 9.83. The molecule has 3 aromatic carbocycles. The smallest absolute Gasteiger partial charge is 0.327 e. The van der Waals surface area contributed by atoms with Gasteiger partial charge in [-0.3, -0.25) is 10.1 Å². The highest BCUT2D eigenvalue weighted by molar-refractivity contribution is 6.03. The number of H-pyrrole nitrogens is 1. The average molecular weight is 582 g/mol. The highest BCUT2D eigenvalue weighted by atomic mass is 19.4. The summed E-state index contributed by atoms with van der Waals surface area (Å²) in [4.78, 5) is 25.5. The van der Waals surface area contributed by atoms with Gasteiger partial charge in [0.05, 0.1) is 11.6 Å². The fourth-order valence-electron chi connectivity index (χ4n) is 5.09. The van der Waals surface area contributed by atoms with Crippen molar-refractivity contribution in [1.82, 2.24) is 25.9 Å². The third-order valence-corrected chi connectivity index (χ3v) is 7.18. The molecule has 3 amide bonds. The van der Waals surface area contributed by atoms with Gasteiger partial charge in [-0.25, -0.2) is 9.18 Å². The fourth-order valence-corrected chi connectivity index (χ4v) is 5.09. The van der Waals surface area contributed by atoms with E-state index in [1.54, 1.807) is 24.3 Å². The van der Waals surface area contributed by atoms with Crippen molar-refractivity contribution in [1.29, 1.82) is 0 Å². The van der Waals surface area contributed by atoms with Crippen molar-refractivity contribution >= 4 is 23.6 Å². The molecular weight excluding hydrogens is 554 g/mol. The number of anilines is 2. The van der Waals surface area contributed by atoms with E-state index in [0.29, 0.717) is 34.7 Å². The first-order valence-electron chi connectivity index (χ1n) is 13.4. The molecule has 4 N–H and O–H groups in total. The molecule has 1 heterocycles. The SMILES string of the molecule is O=C(Nc1cc(F)cc(C(F)(F)F)c1)NC(c1ccc(C(=O)Nc2nn[nH]n2)cc1)c1ccc(C2CCCCC2)cc1. The number of benzene rings is 3. The monoisotopic (exact) mass is 581 g/mol. The molecule has 0 radical (unpaired) electrons. The minimum Gasteiger partial charge on any atom is -0.327 e. The van der Waals surface area contributed by atoms with Gasteiger partial charge >= 0.3 is 12.2 Å². The Hall–Kier alpha value is -4.81. The van der Waals surface area contributed by atoms with Crippen LogP contribution in [0.5, 0.6) is 0 Å². The summed E-state index contributed by atoms with van der Waals surface area (Å²) >= 11 is 0. The Labute approximate surface area is 238 Å². The quantitative estimate of drug-likeness (QED) is 0.184. The second-order valence-corrected chi connectivity index (χ2v) is 10.1. The summed E-state index contributed by atoms with van der Waals surface area (Å²) in [7, 11) is 0. The molecule has 5 rings (SSSR count). The molecule has 1 unspecified atom stereocenters. The molecule has 1 fully saturated rings. The predicted molar refractivity (Wildman–Crippen MR) is 146 cm³/mol. The zero-order valence-electron chi connectivity index (χ0n) is 22.2. The van der Waals surface area contributed by atoms with Crippen LogP contribution in [0.1, 0.15) is 76.7 Å². The second-order valence-electron chi connectivity index (χ2n) is 10.1. The zero-order chi connectivity index (χ0) is 29.7. The van der Waals surface area contributed by atoms with E-state index >= 15 is 0 Å². The fraction of sp³-hybridized carbons (Fsp3) is 0.276. The number of halogens is 4. The van der Waals surface area contributed by atoms with Crippen LogP contribution in [-0.2, 0) is 6.18 Å². The van der Waals surface area contributed by atoms with E-state index in [2.05, 4.69) is 36.6 Å². The Bertz CT molecular complexity index is 1520. The average Bonchev–Trinajstić information content (AvgIpc) is 3.49. The molecule has 0 spiro atoms. The number of nitrogens with zero attached hydrogens (tertiary/aromatic N) is 3. The molecule has 9 nitrogen and oxygen atoms in total. The molecule has 13 heteroatoms. The van der Waals surface area contributed by atoms with Gasteiger partial charge in [0.15, 0.2) is 0 Å². The van der Waals surface area contributed by atoms with E-state index in [1.165, 1.54) is 24.8 Å². The van der Waals surface area contributed by atoms with Crippen LogP contribution < -0.4 is 16.0 Å². The topological polar surface area (TPSA) is 125 Å². The number of nitrogens with one attached hydrogen (secondary N) is 4. The largest absolute Gasteiger partial charge is 0.416 e. The van der Waals surface area contributed by atoms with Crippen LogP contribution in [0.4, 0.5) is 34.0 Å². The molecule has 1 aromatic heterocycles. The number of hydrogen-bond acceptors (Lipinski definition) is 5. The normalized spacial score (nSPS) is 14.7. The molecular formula is C29H27F4N7O2. The first kappa shape index (κ1) is 28.7. The van der Waals surface area contributed by atoms with Gasteiger partial charge in [0, 0.05) is 11.3 Å². The molecule has 0 saturated heterocycles. The standard InChI is InChI=1S/C29H27F4N7O2/c30-23-14-22(29(31,32)33)15-24(16-23)34-28(42)35-25(19-8-6-18(7-9-19)17-4-2-1-3-5-17)20-10-12-21(13-11-20)26(41)36-27-37-39-40-38-27/h6-17,25H,1-5H2,(H2,34,35,42)(H2,36,37,38,39,40,41). The summed E-state index contributed by atoms with van der Waals surface area (Å²) in [6.07, 6.45) is 1.04. The van der Waals surface area contributed by atoms with Crippen molar-refractivity contribution in [2.45, 2.75) is 50.2 Å². The Morgan fingerprint density at radius 1 is 0.881 bits per heavy atom. The van der Waals surface area contributed by atoms with Crippen LogP contribution >= 0.6 is 0 Å². The van der Waals surface area contributed by atoms with E-state index in [-0.39, 0.29) is 11.6 Å². The minimum atomic E-state index is -4.78. The number of tetrazole rings is 1. The first-order chi connectivity index (χ1) is 20.2. The molecule has 42 heavy (non-hydrogen) atoms. The van der Waals surface area contributed by atoms with E-state index < -0.39 is 35.5 Å². The maximum atomic E-state index is 13.9. The Balaban J connectivity index is 1.38. The van der Waals surface area contributed by atoms with Gasteiger partial charge in [0.25, 0.3) is 11.9 Å². The Morgan fingerprint density at radius 2 is 1.55 bits per heavy atom. The Kier molecular flexibility index (Phi) is 8.46. The number of carbonyl (C=O) groups excluding carboxylic acids is 2. The second kappa shape index (κ2) is 12.4. The molecule has 1 atom stereocenters. The number of aromatic nitrogens is 4. The molecule has 218 valence electrons. The molecule has 4 aromatic rings. The first-order valence-corrected chi connectivity index (χ1v) is 13.4. The summed E-state index contributed by atoms with van der Waals surface area (Å²) in [5.41, 5.74) is 1.24. The Morgan fingerprint density at radius 3 is 2.17 bits per heavy atom. The van der Waals surface area contributed by atoms with Gasteiger partial charge in [-0.1, -0.05) is 60.8 Å². The molecule has 1 saturated carbocycles. The van der Waals surface area contributed by atoms with Crippen LogP contribution in [0.25, 0.3) is 0 Å². The molecule has 1 aliphatic carbocycles. The summed E-state index contributed by atoms with van der Waals surface area (Å²) < 4.78 is 53.4. The maximum Gasteiger partial charge on any atom is 0.416 e. The van der Waals surface area contributed by atoms with Crippen LogP contribution in [0.3, 0.4) is 0 Å². The predicted octanol–water partition coefficient (Wildman–Crippen LogP) is 6.57. The minimum absolute atomic E-state index is 0.00405. The third-order valence-electron chi connectivity index (χ3n) is 7.18. The van der Waals surface area contributed by atoms with Crippen molar-refractivity contribution in [2.24, 2.45) is 0 Å². The molecule has 1 aliphatic rings. The van der Waals surface area contributed by atoms with Crippen LogP contribution in [0.2, 0.25) is 0 Å². The number of amides is 3. The number of urea groups is 1. The lowest BCUT2D eigenvalue weighted by Gasteiger charge is -2.24. The van der Waals surface area contributed by atoms with E-state index in [4.69, 9.17) is 0 Å². The van der Waals surface area contributed by atoms with Crippen molar-refractivity contribution in [3.63, 3.8) is 0 Å². The van der Waals surface area contributed by atoms with Crippen LogP contribution in [-0.4, -0.2) is 32.6 Å². The van der Waals surface area contributed by atoms with Gasteiger partial charge in [-0.2, -0.15) is 18.4 Å². The number of rotatable bonds is 7. The molecule has 0 bridgehead atoms. The third kappa shape index (κ3) is 7.09. The van der Waals surface area contributed by atoms with Crippen molar-refractivity contribution in [3.8, 4) is 0 Å². The van der Waals surface area contributed by atoms with Gasteiger partial charge in [0.1, 0.15) is 5.82 Å². The summed E-state index contributed by atoms with van der Waals surface area (Å²) in [5, 5.41) is 20.5. The van der Waals surface area contributed by atoms with Crippen LogP contribution in [0.15, 0.2) is 66.7 Å². The lowest BCUT2D eigenvalue weighted by molar-refractivity contribution is -0.137. The molecule has 0 aliphatic heterocycles. The lowest BCUT2D eigenvalue weighted by Crippen LogP contribution is -2.33. The van der Waals surface area contributed by atoms with E-state index in [0.717, 1.165) is 18.9 Å². The van der Waals surface area contributed by atoms with Gasteiger partial charge in [-0.15, -0.1) is 5.10 Å². The summed E-state index contributed by atoms with van der Waals surface area (Å²) in [6.45, 7) is 0. The van der Waals surface area contributed by atoms with Crippen molar-refractivity contribution in [3.05, 3.63) is 100 Å². The highest BCUT2D eigenvalue weighted by Gasteiger charge is 2.31. The number of hydrogen-bond donors (Lipinski definition) is 4. The van der Waals surface area contributed by atoms with Crippen molar-refractivity contribution in [2.75, 3.05) is 10.6 Å². The number of alkyl halides is 3. The van der Waals surface area contributed by atoms with Gasteiger partial charge in [0.2, 0.25) is 0 Å². The van der Waals surface area contributed by atoms with E-state index in [1.807, 2.05) is 24.3 Å². The summed E-state index contributed by atoms with van der Waals surface area (Å²) in [6, 6.07) is 14.5. The highest BCUT2D eigenvalue weighted by Crippen LogP contribution is 2.34. The number of aromatic amines is 1. The van der Waals surface area contributed by atoms with Gasteiger partial charge in [-0.05, 0) is 71.0 Å². The van der Waals surface area contributed by atoms with Gasteiger partial charge < -0.3 is 10.6 Å². The van der Waals surface area contributed by atoms with Crippen molar-refractivity contribution < 1.29 is 27.2 Å². The maximum absolute atomic E-state index is 13.9. The zero-order valence-corrected chi connectivity index (χ0v) is 22.2.